The van der Waals surface area contributed by atoms with Crippen LogP contribution in [-0.4, -0.2) is 51.2 Å². The Morgan fingerprint density at radius 1 is 1.18 bits per heavy atom. The highest BCUT2D eigenvalue weighted by molar-refractivity contribution is 6.74. The molecule has 0 radical (unpaired) electrons. The first-order valence-electron chi connectivity index (χ1n) is 9.99. The predicted molar refractivity (Wildman–Crippen MR) is 114 cm³/mol. The van der Waals surface area contributed by atoms with Gasteiger partial charge in [0.15, 0.2) is 14.6 Å². The quantitative estimate of drug-likeness (QED) is 0.488. The summed E-state index contributed by atoms with van der Waals surface area (Å²) < 4.78 is 24.1. The molecule has 1 N–H and O–H groups in total. The average molecular weight is 409 g/mol. The number of hydrogen-bond acceptors (Lipinski definition) is 5. The van der Waals surface area contributed by atoms with Crippen molar-refractivity contribution in [1.82, 2.24) is 0 Å². The van der Waals surface area contributed by atoms with Crippen molar-refractivity contribution in [3.63, 3.8) is 0 Å². The van der Waals surface area contributed by atoms with Gasteiger partial charge in [-0.05, 0) is 23.7 Å². The van der Waals surface area contributed by atoms with E-state index in [1.165, 1.54) is 0 Å². The summed E-state index contributed by atoms with van der Waals surface area (Å²) in [6.07, 6.45) is 0.221. The minimum Gasteiger partial charge on any atom is -0.414 e. The molecule has 1 aromatic rings. The summed E-state index contributed by atoms with van der Waals surface area (Å²) in [7, 11) is -1.93. The highest BCUT2D eigenvalue weighted by Crippen LogP contribution is 2.37. The van der Waals surface area contributed by atoms with Gasteiger partial charge in [0.1, 0.15) is 12.2 Å². The van der Waals surface area contributed by atoms with E-state index < -0.39 is 20.7 Å². The fourth-order valence-electron chi connectivity index (χ4n) is 2.80. The van der Waals surface area contributed by atoms with Gasteiger partial charge in [0.2, 0.25) is 0 Å². The zero-order valence-electron chi connectivity index (χ0n) is 17.9. The maximum atomic E-state index is 10.4. The average Bonchev–Trinajstić information content (AvgIpc) is 2.64. The second-order valence-electron chi connectivity index (χ2n) is 8.87. The van der Waals surface area contributed by atoms with Crippen LogP contribution < -0.4 is 0 Å². The van der Waals surface area contributed by atoms with Gasteiger partial charge < -0.3 is 23.7 Å². The Bertz CT molecular complexity index is 599. The lowest BCUT2D eigenvalue weighted by Gasteiger charge is -2.42. The van der Waals surface area contributed by atoms with Crippen molar-refractivity contribution in [1.29, 1.82) is 0 Å². The molecule has 4 atom stereocenters. The zero-order chi connectivity index (χ0) is 20.8. The van der Waals surface area contributed by atoms with Crippen LogP contribution in [0.4, 0.5) is 0 Å². The van der Waals surface area contributed by atoms with Gasteiger partial charge in [-0.2, -0.15) is 0 Å². The molecular weight excluding hydrogens is 372 g/mol. The largest absolute Gasteiger partial charge is 0.414 e. The second kappa shape index (κ2) is 10.1. The molecular formula is C22H36O5Si. The van der Waals surface area contributed by atoms with Gasteiger partial charge >= 0.3 is 0 Å². The van der Waals surface area contributed by atoms with Crippen molar-refractivity contribution >= 4 is 8.32 Å². The molecule has 28 heavy (non-hydrogen) atoms. The van der Waals surface area contributed by atoms with Crippen LogP contribution >= 0.6 is 0 Å². The minimum absolute atomic E-state index is 0.107. The molecule has 2 rings (SSSR count). The maximum absolute atomic E-state index is 10.4. The summed E-state index contributed by atoms with van der Waals surface area (Å²) in [5.74, 6) is 0. The molecule has 1 saturated heterocycles. The normalized spacial score (nSPS) is 26.2. The van der Waals surface area contributed by atoms with E-state index in [4.69, 9.17) is 18.6 Å². The van der Waals surface area contributed by atoms with Gasteiger partial charge in [0.25, 0.3) is 0 Å². The van der Waals surface area contributed by atoms with Crippen LogP contribution in [0.2, 0.25) is 18.1 Å². The molecule has 0 aromatic heterocycles. The minimum atomic E-state index is -1.93. The molecule has 1 fully saturated rings. The molecule has 0 amide bonds. The van der Waals surface area contributed by atoms with Crippen LogP contribution in [0, 0.1) is 0 Å². The van der Waals surface area contributed by atoms with Crippen LogP contribution in [-0.2, 0) is 25.2 Å². The van der Waals surface area contributed by atoms with E-state index in [9.17, 15) is 5.11 Å². The number of hydrogen-bond donors (Lipinski definition) is 1. The number of aliphatic hydroxyl groups is 1. The SMILES string of the molecule is C=CCO[C@@H]1C[C@H](OCc2ccccc2)[C@@H](CO[Si](C)(C)C(C)(C)C)O[C@@H]1O. The molecule has 1 aromatic carbocycles. The van der Waals surface area contributed by atoms with E-state index >= 15 is 0 Å². The van der Waals surface area contributed by atoms with Gasteiger partial charge in [-0.15, -0.1) is 6.58 Å². The molecule has 0 saturated carbocycles. The highest BCUT2D eigenvalue weighted by Gasteiger charge is 2.42. The van der Waals surface area contributed by atoms with Gasteiger partial charge in [-0.25, -0.2) is 0 Å². The number of rotatable bonds is 9. The Labute approximate surface area is 170 Å². The van der Waals surface area contributed by atoms with Gasteiger partial charge in [0, 0.05) is 6.42 Å². The predicted octanol–water partition coefficient (Wildman–Crippen LogP) is 4.27. The lowest BCUT2D eigenvalue weighted by atomic mass is 10.0. The summed E-state index contributed by atoms with van der Waals surface area (Å²) in [5.41, 5.74) is 1.10. The van der Waals surface area contributed by atoms with Crippen LogP contribution in [0.25, 0.3) is 0 Å². The Hall–Kier alpha value is -1.02. The van der Waals surface area contributed by atoms with Gasteiger partial charge in [0.05, 0.1) is 25.9 Å². The van der Waals surface area contributed by atoms with Gasteiger partial charge in [-0.1, -0.05) is 57.2 Å². The lowest BCUT2D eigenvalue weighted by molar-refractivity contribution is -0.267. The molecule has 5 nitrogen and oxygen atoms in total. The smallest absolute Gasteiger partial charge is 0.192 e. The number of aliphatic hydroxyl groups excluding tert-OH is 1. The molecule has 0 unspecified atom stereocenters. The topological polar surface area (TPSA) is 57.2 Å². The van der Waals surface area contributed by atoms with Crippen LogP contribution in [0.15, 0.2) is 43.0 Å². The fraction of sp³-hybridized carbons (Fsp3) is 0.636. The summed E-state index contributed by atoms with van der Waals surface area (Å²) in [6.45, 7) is 16.0. The van der Waals surface area contributed by atoms with Crippen LogP contribution in [0.1, 0.15) is 32.8 Å². The number of ether oxygens (including phenoxy) is 3. The Balaban J connectivity index is 2.04. The van der Waals surface area contributed by atoms with Crippen LogP contribution in [0.5, 0.6) is 0 Å². The molecule has 0 aliphatic carbocycles. The standard InChI is InChI=1S/C22H36O5Si/c1-7-13-24-19-14-18(25-15-17-11-9-8-10-12-17)20(27-21(19)23)16-26-28(5,6)22(2,3)4/h7-12,18-21,23H,1,13-16H2,2-6H3/t18-,19+,20+,21-/m0/s1. The first kappa shape index (κ1) is 23.3. The van der Waals surface area contributed by atoms with E-state index in [-0.39, 0.29) is 17.2 Å². The van der Waals surface area contributed by atoms with Gasteiger partial charge in [-0.3, -0.25) is 0 Å². The third-order valence-electron chi connectivity index (χ3n) is 5.66. The van der Waals surface area contributed by atoms with Crippen molar-refractivity contribution in [2.24, 2.45) is 0 Å². The first-order valence-corrected chi connectivity index (χ1v) is 12.9. The highest BCUT2D eigenvalue weighted by atomic mass is 28.4. The fourth-order valence-corrected chi connectivity index (χ4v) is 3.81. The summed E-state index contributed by atoms with van der Waals surface area (Å²) in [5, 5.41) is 10.5. The second-order valence-corrected chi connectivity index (χ2v) is 13.7. The summed E-state index contributed by atoms with van der Waals surface area (Å²) in [6, 6.07) is 10.0. The van der Waals surface area contributed by atoms with Crippen molar-refractivity contribution in [3.05, 3.63) is 48.6 Å². The van der Waals surface area contributed by atoms with Crippen LogP contribution in [0.3, 0.4) is 0 Å². The monoisotopic (exact) mass is 408 g/mol. The maximum Gasteiger partial charge on any atom is 0.192 e. The number of benzene rings is 1. The van der Waals surface area contributed by atoms with Crippen molar-refractivity contribution < 1.29 is 23.7 Å². The summed E-state index contributed by atoms with van der Waals surface area (Å²) in [4.78, 5) is 0. The molecule has 158 valence electrons. The molecule has 6 heteroatoms. The molecule has 1 heterocycles. The van der Waals surface area contributed by atoms with E-state index in [0.717, 1.165) is 5.56 Å². The zero-order valence-corrected chi connectivity index (χ0v) is 18.9. The Morgan fingerprint density at radius 3 is 2.46 bits per heavy atom. The molecule has 1 aliphatic rings. The molecule has 0 bridgehead atoms. The Kier molecular flexibility index (Phi) is 8.42. The third kappa shape index (κ3) is 6.51. The third-order valence-corrected chi connectivity index (χ3v) is 10.2. The van der Waals surface area contributed by atoms with E-state index in [2.05, 4.69) is 40.4 Å². The van der Waals surface area contributed by atoms with E-state index in [1.54, 1.807) is 6.08 Å². The Morgan fingerprint density at radius 2 is 1.86 bits per heavy atom. The van der Waals surface area contributed by atoms with Crippen molar-refractivity contribution in [2.45, 2.75) is 76.5 Å². The van der Waals surface area contributed by atoms with E-state index in [0.29, 0.717) is 26.2 Å². The molecule has 0 spiro atoms. The lowest BCUT2D eigenvalue weighted by Crippen LogP contribution is -2.53. The molecule has 1 aliphatic heterocycles. The van der Waals surface area contributed by atoms with Crippen molar-refractivity contribution in [2.75, 3.05) is 13.2 Å². The van der Waals surface area contributed by atoms with E-state index in [1.807, 2.05) is 30.3 Å². The first-order chi connectivity index (χ1) is 13.1. The van der Waals surface area contributed by atoms with Crippen molar-refractivity contribution in [3.8, 4) is 0 Å². The summed E-state index contributed by atoms with van der Waals surface area (Å²) >= 11 is 0.